The molecule has 172 valence electrons. The van der Waals surface area contributed by atoms with E-state index in [1.807, 2.05) is 11.0 Å². The number of esters is 1. The van der Waals surface area contributed by atoms with Crippen LogP contribution in [0, 0.1) is 5.92 Å². The lowest BCUT2D eigenvalue weighted by Crippen LogP contribution is -2.50. The highest BCUT2D eigenvalue weighted by Gasteiger charge is 2.49. The molecule has 0 N–H and O–H groups in total. The Bertz CT molecular complexity index is 1040. The van der Waals surface area contributed by atoms with Crippen LogP contribution in [0.5, 0.6) is 0 Å². The Morgan fingerprint density at radius 2 is 1.77 bits per heavy atom. The molecule has 0 bridgehead atoms. The first kappa shape index (κ1) is 22.7. The second-order valence-electron chi connectivity index (χ2n) is 8.93. The summed E-state index contributed by atoms with van der Waals surface area (Å²) in [5.74, 6) is -0.912. The van der Waals surface area contributed by atoms with Crippen molar-refractivity contribution in [1.29, 1.82) is 0 Å². The van der Waals surface area contributed by atoms with Gasteiger partial charge in [-0.05, 0) is 81.8 Å². The van der Waals surface area contributed by atoms with Crippen LogP contribution in [0.15, 0.2) is 23.1 Å². The molecule has 2 saturated heterocycles. The molecule has 2 heterocycles. The molecule has 0 unspecified atom stereocenters. The number of hydrogen-bond donors (Lipinski definition) is 0. The van der Waals surface area contributed by atoms with E-state index in [1.165, 1.54) is 5.56 Å². The molecular weight excluding hydrogens is 438 g/mol. The third kappa shape index (κ3) is 4.68. The predicted octanol–water partition coefficient (Wildman–Crippen LogP) is 1.78. The molecule has 1 aromatic carbocycles. The Balaban J connectivity index is 1.56. The number of hydrogen-bond acceptors (Lipinski definition) is 7. The van der Waals surface area contributed by atoms with Gasteiger partial charge in [0.05, 0.1) is 34.2 Å². The van der Waals surface area contributed by atoms with Gasteiger partial charge in [-0.3, -0.25) is 9.69 Å². The van der Waals surface area contributed by atoms with Gasteiger partial charge in [0, 0.05) is 6.04 Å². The van der Waals surface area contributed by atoms with Crippen LogP contribution >= 0.6 is 0 Å². The Hall–Kier alpha value is -1.45. The number of piperidine rings is 1. The summed E-state index contributed by atoms with van der Waals surface area (Å²) >= 11 is 0. The summed E-state index contributed by atoms with van der Waals surface area (Å²) in [7, 11) is -7.25. The number of benzene rings is 1. The minimum absolute atomic E-state index is 0.147. The van der Waals surface area contributed by atoms with Gasteiger partial charge in [0.15, 0.2) is 19.7 Å². The third-order valence-corrected chi connectivity index (χ3v) is 11.1. The van der Waals surface area contributed by atoms with Crippen molar-refractivity contribution in [3.8, 4) is 0 Å². The number of rotatable bonds is 5. The lowest BCUT2D eigenvalue weighted by atomic mass is 9.92. The van der Waals surface area contributed by atoms with Crippen molar-refractivity contribution in [3.63, 3.8) is 0 Å². The summed E-state index contributed by atoms with van der Waals surface area (Å²) in [4.78, 5) is 14.2. The minimum atomic E-state index is -3.79. The molecule has 2 aliphatic heterocycles. The van der Waals surface area contributed by atoms with E-state index < -0.39 is 31.0 Å². The molecule has 0 aromatic heterocycles. The van der Waals surface area contributed by atoms with Gasteiger partial charge >= 0.3 is 5.97 Å². The van der Waals surface area contributed by atoms with Gasteiger partial charge in [0.25, 0.3) is 0 Å². The van der Waals surface area contributed by atoms with E-state index in [0.717, 1.165) is 31.2 Å². The first-order valence-electron chi connectivity index (χ1n) is 11.2. The zero-order valence-corrected chi connectivity index (χ0v) is 19.6. The third-order valence-electron chi connectivity index (χ3n) is 6.94. The summed E-state index contributed by atoms with van der Waals surface area (Å²) < 4.78 is 57.2. The Kier molecular flexibility index (Phi) is 6.47. The number of likely N-dealkylation sites (tertiary alicyclic amines) is 1. The monoisotopic (exact) mass is 469 g/mol. The number of fused-ring (bicyclic) bond motifs is 1. The summed E-state index contributed by atoms with van der Waals surface area (Å²) in [6.07, 6.45) is 5.11. The standard InChI is InChI=1S/C22H31NO6S2/c1-2-29-22(24)17-9-11-23(12-10-17)20-14-30(25,26)15-21(20)31(27,28)19-8-7-16-5-3-4-6-18(16)13-19/h7-8,13,17,20-21H,2-6,9-12,14-15H2,1H3/t20-,21-/m0/s1. The second kappa shape index (κ2) is 8.83. The maximum absolute atomic E-state index is 13.6. The molecule has 3 aliphatic rings. The molecule has 0 amide bonds. The average Bonchev–Trinajstić information content (AvgIpc) is 3.10. The Morgan fingerprint density at radius 1 is 1.10 bits per heavy atom. The molecule has 1 aromatic rings. The van der Waals surface area contributed by atoms with Gasteiger partial charge in [-0.25, -0.2) is 16.8 Å². The number of carbonyl (C=O) groups is 1. The fraction of sp³-hybridized carbons (Fsp3) is 0.682. The summed E-state index contributed by atoms with van der Waals surface area (Å²) in [6.45, 7) is 3.10. The van der Waals surface area contributed by atoms with E-state index in [-0.39, 0.29) is 28.3 Å². The van der Waals surface area contributed by atoms with Gasteiger partial charge in [0.2, 0.25) is 0 Å². The van der Waals surface area contributed by atoms with E-state index in [4.69, 9.17) is 4.74 Å². The molecule has 7 nitrogen and oxygen atoms in total. The van der Waals surface area contributed by atoms with E-state index in [9.17, 15) is 21.6 Å². The first-order valence-corrected chi connectivity index (χ1v) is 14.5. The fourth-order valence-corrected chi connectivity index (χ4v) is 10.1. The zero-order chi connectivity index (χ0) is 22.2. The fourth-order valence-electron chi connectivity index (χ4n) is 5.22. The van der Waals surface area contributed by atoms with Gasteiger partial charge in [-0.1, -0.05) is 6.07 Å². The maximum atomic E-state index is 13.6. The molecule has 4 rings (SSSR count). The largest absolute Gasteiger partial charge is 0.466 e. The van der Waals surface area contributed by atoms with Crippen LogP contribution in [0.4, 0.5) is 0 Å². The number of ether oxygens (including phenoxy) is 1. The van der Waals surface area contributed by atoms with Crippen LogP contribution < -0.4 is 0 Å². The molecule has 0 radical (unpaired) electrons. The van der Waals surface area contributed by atoms with Crippen molar-refractivity contribution in [2.24, 2.45) is 5.92 Å². The Labute approximate surface area is 185 Å². The van der Waals surface area contributed by atoms with Crippen molar-refractivity contribution in [2.75, 3.05) is 31.2 Å². The molecule has 31 heavy (non-hydrogen) atoms. The van der Waals surface area contributed by atoms with Crippen molar-refractivity contribution in [3.05, 3.63) is 29.3 Å². The zero-order valence-electron chi connectivity index (χ0n) is 18.0. The highest BCUT2D eigenvalue weighted by Crippen LogP contribution is 2.33. The number of nitrogens with zero attached hydrogens (tertiary/aromatic N) is 1. The summed E-state index contributed by atoms with van der Waals surface area (Å²) in [5.41, 5.74) is 2.27. The summed E-state index contributed by atoms with van der Waals surface area (Å²) in [5, 5.41) is -0.974. The van der Waals surface area contributed by atoms with Crippen molar-refractivity contribution < 1.29 is 26.4 Å². The average molecular weight is 470 g/mol. The SMILES string of the molecule is CCOC(=O)C1CCN([C@H]2CS(=O)(=O)C[C@@H]2S(=O)(=O)c2ccc3c(c2)CCCC3)CC1. The predicted molar refractivity (Wildman–Crippen MR) is 117 cm³/mol. The topological polar surface area (TPSA) is 97.8 Å². The lowest BCUT2D eigenvalue weighted by molar-refractivity contribution is -0.149. The van der Waals surface area contributed by atoms with Crippen molar-refractivity contribution >= 4 is 25.6 Å². The van der Waals surface area contributed by atoms with Crippen LogP contribution in [0.2, 0.25) is 0 Å². The van der Waals surface area contributed by atoms with Gasteiger partial charge in [0.1, 0.15) is 0 Å². The number of sulfone groups is 2. The van der Waals surface area contributed by atoms with Crippen LogP contribution in [-0.4, -0.2) is 70.2 Å². The van der Waals surface area contributed by atoms with Gasteiger partial charge in [-0.15, -0.1) is 0 Å². The van der Waals surface area contributed by atoms with E-state index in [1.54, 1.807) is 19.1 Å². The van der Waals surface area contributed by atoms with Gasteiger partial charge < -0.3 is 4.74 Å². The molecule has 2 fully saturated rings. The highest BCUT2D eigenvalue weighted by molar-refractivity contribution is 7.96. The molecule has 0 spiro atoms. The molecule has 9 heteroatoms. The minimum Gasteiger partial charge on any atom is -0.466 e. The van der Waals surface area contributed by atoms with Gasteiger partial charge in [-0.2, -0.15) is 0 Å². The summed E-state index contributed by atoms with van der Waals surface area (Å²) in [6, 6.07) is 4.73. The van der Waals surface area contributed by atoms with E-state index in [2.05, 4.69) is 0 Å². The lowest BCUT2D eigenvalue weighted by Gasteiger charge is -2.36. The normalized spacial score (nSPS) is 27.0. The first-order chi connectivity index (χ1) is 14.7. The second-order valence-corrected chi connectivity index (χ2v) is 13.2. The maximum Gasteiger partial charge on any atom is 0.309 e. The van der Waals surface area contributed by atoms with Crippen LogP contribution in [-0.2, 0) is 42.0 Å². The molecule has 0 saturated carbocycles. The quantitative estimate of drug-likeness (QED) is 0.606. The number of carbonyl (C=O) groups excluding carboxylic acids is 1. The number of aryl methyl sites for hydroxylation is 2. The molecular formula is C22H31NO6S2. The smallest absolute Gasteiger partial charge is 0.309 e. The van der Waals surface area contributed by atoms with Crippen LogP contribution in [0.1, 0.15) is 43.7 Å². The van der Waals surface area contributed by atoms with Crippen LogP contribution in [0.25, 0.3) is 0 Å². The Morgan fingerprint density at radius 3 is 2.45 bits per heavy atom. The molecule has 2 atom stereocenters. The van der Waals surface area contributed by atoms with E-state index >= 15 is 0 Å². The van der Waals surface area contributed by atoms with Crippen LogP contribution in [0.3, 0.4) is 0 Å². The highest BCUT2D eigenvalue weighted by atomic mass is 32.2. The molecule has 1 aliphatic carbocycles. The van der Waals surface area contributed by atoms with E-state index in [0.29, 0.717) is 32.5 Å². The van der Waals surface area contributed by atoms with Crippen molar-refractivity contribution in [2.45, 2.75) is 61.6 Å². The van der Waals surface area contributed by atoms with Crippen molar-refractivity contribution in [1.82, 2.24) is 4.90 Å².